The van der Waals surface area contributed by atoms with E-state index in [0.717, 1.165) is 15.9 Å². The standard InChI is InChI=1S/C21H18Cl2N6O5S2/c22-14-9-12(26-20(31)28-36(33,34)18-6-5-17(23)35-18)2-4-16(14)29-19(30)13-3-1-11(25-8-7-24)10-15(13)27-21(29)32/h1-6,9-10,25H,7-8,24H2,(H,27,32)(H2,26,28,31). The second-order valence-corrected chi connectivity index (χ2v) is 11.4. The van der Waals surface area contributed by atoms with Gasteiger partial charge in [0.25, 0.3) is 15.6 Å². The highest BCUT2D eigenvalue weighted by Gasteiger charge is 2.20. The van der Waals surface area contributed by atoms with Crippen LogP contribution in [-0.4, -0.2) is 37.1 Å². The van der Waals surface area contributed by atoms with Crippen LogP contribution < -0.4 is 32.3 Å². The Bertz CT molecular complexity index is 1700. The van der Waals surface area contributed by atoms with Gasteiger partial charge in [-0.3, -0.25) is 4.79 Å². The monoisotopic (exact) mass is 568 g/mol. The zero-order chi connectivity index (χ0) is 26.0. The van der Waals surface area contributed by atoms with Crippen molar-refractivity contribution in [1.29, 1.82) is 0 Å². The fourth-order valence-electron chi connectivity index (χ4n) is 3.30. The van der Waals surface area contributed by atoms with Crippen LogP contribution in [0.5, 0.6) is 0 Å². The predicted molar refractivity (Wildman–Crippen MR) is 141 cm³/mol. The van der Waals surface area contributed by atoms with Crippen LogP contribution in [0.1, 0.15) is 0 Å². The van der Waals surface area contributed by atoms with Gasteiger partial charge in [0.15, 0.2) is 0 Å². The first-order chi connectivity index (χ1) is 17.1. The molecule has 0 fully saturated rings. The van der Waals surface area contributed by atoms with Crippen LogP contribution in [0.4, 0.5) is 16.2 Å². The van der Waals surface area contributed by atoms with Gasteiger partial charge in [0.1, 0.15) is 4.21 Å². The third-order valence-electron chi connectivity index (χ3n) is 4.86. The summed E-state index contributed by atoms with van der Waals surface area (Å²) in [7, 11) is -4.12. The zero-order valence-corrected chi connectivity index (χ0v) is 21.3. The maximum atomic E-state index is 13.1. The molecule has 188 valence electrons. The van der Waals surface area contributed by atoms with Gasteiger partial charge in [-0.2, -0.15) is 0 Å². The molecule has 0 saturated carbocycles. The lowest BCUT2D eigenvalue weighted by atomic mass is 10.2. The molecule has 4 aromatic rings. The molecule has 0 aliphatic heterocycles. The van der Waals surface area contributed by atoms with Gasteiger partial charge in [-0.1, -0.05) is 23.2 Å². The van der Waals surface area contributed by atoms with E-state index >= 15 is 0 Å². The van der Waals surface area contributed by atoms with Crippen molar-refractivity contribution in [2.75, 3.05) is 23.7 Å². The van der Waals surface area contributed by atoms with E-state index < -0.39 is 27.3 Å². The molecule has 11 nitrogen and oxygen atoms in total. The van der Waals surface area contributed by atoms with Crippen molar-refractivity contribution in [1.82, 2.24) is 14.3 Å². The van der Waals surface area contributed by atoms with Gasteiger partial charge in [0.2, 0.25) is 0 Å². The molecule has 6 N–H and O–H groups in total. The van der Waals surface area contributed by atoms with Crippen LogP contribution in [0.3, 0.4) is 0 Å². The largest absolute Gasteiger partial charge is 0.384 e. The molecule has 2 aromatic carbocycles. The summed E-state index contributed by atoms with van der Waals surface area (Å²) < 4.78 is 27.4. The van der Waals surface area contributed by atoms with E-state index in [9.17, 15) is 22.8 Å². The van der Waals surface area contributed by atoms with E-state index in [-0.39, 0.29) is 30.3 Å². The number of rotatable bonds is 7. The summed E-state index contributed by atoms with van der Waals surface area (Å²) in [5.74, 6) is 0. The van der Waals surface area contributed by atoms with Crippen LogP contribution >= 0.6 is 34.5 Å². The summed E-state index contributed by atoms with van der Waals surface area (Å²) in [6.07, 6.45) is 0. The molecule has 0 radical (unpaired) electrons. The number of aromatic amines is 1. The highest BCUT2D eigenvalue weighted by atomic mass is 35.5. The number of anilines is 2. The number of carbonyl (C=O) groups is 1. The summed E-state index contributed by atoms with van der Waals surface area (Å²) >= 11 is 12.9. The summed E-state index contributed by atoms with van der Waals surface area (Å²) in [4.78, 5) is 40.7. The number of urea groups is 1. The molecular formula is C21H18Cl2N6O5S2. The SMILES string of the molecule is NCCNc1ccc2c(=O)n(-c3ccc(NC(=O)NS(=O)(=O)c4ccc(Cl)s4)cc3Cl)c(=O)[nH]c2c1. The van der Waals surface area contributed by atoms with Gasteiger partial charge >= 0.3 is 11.7 Å². The fraction of sp³-hybridized carbons (Fsp3) is 0.0952. The lowest BCUT2D eigenvalue weighted by Crippen LogP contribution is -2.34. The Labute approximate surface area is 217 Å². The minimum absolute atomic E-state index is 0.0334. The first kappa shape index (κ1) is 25.7. The number of H-pyrrole nitrogens is 1. The summed E-state index contributed by atoms with van der Waals surface area (Å²) in [5.41, 5.74) is 5.39. The number of hydrogen-bond acceptors (Lipinski definition) is 8. The number of amides is 2. The van der Waals surface area contributed by atoms with E-state index in [1.807, 2.05) is 4.72 Å². The fourth-order valence-corrected chi connectivity index (χ4v) is 5.96. The van der Waals surface area contributed by atoms with Crippen LogP contribution in [0.25, 0.3) is 16.6 Å². The molecule has 0 saturated heterocycles. The van der Waals surface area contributed by atoms with E-state index in [1.54, 1.807) is 18.2 Å². The lowest BCUT2D eigenvalue weighted by Gasteiger charge is -2.12. The number of nitrogens with zero attached hydrogens (tertiary/aromatic N) is 1. The lowest BCUT2D eigenvalue weighted by molar-refractivity contribution is 0.256. The number of sulfonamides is 1. The molecule has 0 unspecified atom stereocenters. The number of thiophene rings is 1. The average molecular weight is 569 g/mol. The third-order valence-corrected chi connectivity index (χ3v) is 8.21. The smallest absolute Gasteiger partial charge is 0.333 e. The minimum atomic E-state index is -4.12. The van der Waals surface area contributed by atoms with E-state index in [0.29, 0.717) is 24.3 Å². The van der Waals surface area contributed by atoms with Gasteiger partial charge in [-0.25, -0.2) is 27.3 Å². The Morgan fingerprint density at radius 1 is 1.06 bits per heavy atom. The van der Waals surface area contributed by atoms with Crippen molar-refractivity contribution in [2.24, 2.45) is 5.73 Å². The Kier molecular flexibility index (Phi) is 7.38. The van der Waals surface area contributed by atoms with Crippen LogP contribution in [0.2, 0.25) is 9.36 Å². The molecule has 0 atom stereocenters. The molecule has 0 aliphatic rings. The topological polar surface area (TPSA) is 168 Å². The number of benzene rings is 2. The Morgan fingerprint density at radius 2 is 1.81 bits per heavy atom. The highest BCUT2D eigenvalue weighted by Crippen LogP contribution is 2.26. The highest BCUT2D eigenvalue weighted by molar-refractivity contribution is 7.92. The zero-order valence-electron chi connectivity index (χ0n) is 18.2. The van der Waals surface area contributed by atoms with E-state index in [2.05, 4.69) is 15.6 Å². The van der Waals surface area contributed by atoms with Crippen LogP contribution in [0, 0.1) is 0 Å². The van der Waals surface area contributed by atoms with Crippen LogP contribution in [-0.2, 0) is 10.0 Å². The van der Waals surface area contributed by atoms with Crippen molar-refractivity contribution < 1.29 is 13.2 Å². The second-order valence-electron chi connectivity index (χ2n) is 7.33. The van der Waals surface area contributed by atoms with Gasteiger partial charge in [-0.15, -0.1) is 11.3 Å². The van der Waals surface area contributed by atoms with Gasteiger partial charge in [0.05, 0.1) is 25.9 Å². The van der Waals surface area contributed by atoms with Gasteiger partial charge in [0, 0.05) is 24.5 Å². The van der Waals surface area contributed by atoms with Crippen molar-refractivity contribution in [2.45, 2.75) is 4.21 Å². The van der Waals surface area contributed by atoms with Crippen LogP contribution in [0.15, 0.2) is 62.3 Å². The predicted octanol–water partition coefficient (Wildman–Crippen LogP) is 2.93. The molecule has 2 amide bonds. The molecule has 15 heteroatoms. The van der Waals surface area contributed by atoms with Gasteiger partial charge < -0.3 is 21.4 Å². The van der Waals surface area contributed by atoms with Crippen molar-refractivity contribution >= 4 is 72.9 Å². The Hall–Kier alpha value is -3.36. The maximum absolute atomic E-state index is 13.1. The number of nitrogens with one attached hydrogen (secondary N) is 4. The van der Waals surface area contributed by atoms with Gasteiger partial charge in [-0.05, 0) is 48.5 Å². The first-order valence-corrected chi connectivity index (χ1v) is 13.3. The quantitative estimate of drug-likeness (QED) is 0.228. The molecule has 0 spiro atoms. The van der Waals surface area contributed by atoms with Crippen molar-refractivity contribution in [3.8, 4) is 5.69 Å². The number of fused-ring (bicyclic) bond motifs is 1. The number of nitrogens with two attached hydrogens (primary N) is 1. The number of carbonyl (C=O) groups excluding carboxylic acids is 1. The molecule has 0 aliphatic carbocycles. The van der Waals surface area contributed by atoms with Crippen molar-refractivity contribution in [3.63, 3.8) is 0 Å². The molecular weight excluding hydrogens is 551 g/mol. The number of aromatic nitrogens is 2. The number of hydrogen-bond donors (Lipinski definition) is 5. The third kappa shape index (κ3) is 5.39. The summed E-state index contributed by atoms with van der Waals surface area (Å²) in [5, 5.41) is 5.63. The van der Waals surface area contributed by atoms with E-state index in [1.165, 1.54) is 30.3 Å². The summed E-state index contributed by atoms with van der Waals surface area (Å²) in [6.45, 7) is 0.940. The Balaban J connectivity index is 1.59. The first-order valence-electron chi connectivity index (χ1n) is 10.2. The molecule has 2 aromatic heterocycles. The Morgan fingerprint density at radius 3 is 2.47 bits per heavy atom. The maximum Gasteiger partial charge on any atom is 0.333 e. The molecule has 0 bridgehead atoms. The second kappa shape index (κ2) is 10.3. The molecule has 4 rings (SSSR count). The molecule has 36 heavy (non-hydrogen) atoms. The number of halogens is 2. The van der Waals surface area contributed by atoms with E-state index in [4.69, 9.17) is 28.9 Å². The molecule has 2 heterocycles. The average Bonchev–Trinajstić information content (AvgIpc) is 3.26. The summed E-state index contributed by atoms with van der Waals surface area (Å²) in [6, 6.07) is 10.5. The van der Waals surface area contributed by atoms with Crippen molar-refractivity contribution in [3.05, 3.63) is 78.7 Å². The minimum Gasteiger partial charge on any atom is -0.384 e. The normalized spacial score (nSPS) is 11.4.